The van der Waals surface area contributed by atoms with E-state index >= 15 is 0 Å². The van der Waals surface area contributed by atoms with Crippen molar-refractivity contribution >= 4 is 63.3 Å². The molecule has 1 saturated heterocycles. The Morgan fingerprint density at radius 1 is 1.00 bits per heavy atom. The molecule has 15 heteroatoms. The van der Waals surface area contributed by atoms with Gasteiger partial charge in [0.1, 0.15) is 0 Å². The van der Waals surface area contributed by atoms with Crippen LogP contribution in [0.15, 0.2) is 0 Å². The number of likely N-dealkylation sites (tertiary alicyclic amines) is 1. The van der Waals surface area contributed by atoms with Crippen molar-refractivity contribution in [3.63, 3.8) is 0 Å². The van der Waals surface area contributed by atoms with Gasteiger partial charge in [-0.2, -0.15) is 16.8 Å². The highest BCUT2D eigenvalue weighted by atomic mass is 32.3. The Bertz CT molecular complexity index is 702. The zero-order valence-electron chi connectivity index (χ0n) is 10.3. The van der Waals surface area contributed by atoms with Crippen molar-refractivity contribution in [2.75, 3.05) is 0 Å². The molecule has 0 spiro atoms. The van der Waals surface area contributed by atoms with Crippen molar-refractivity contribution in [1.82, 2.24) is 4.90 Å². The van der Waals surface area contributed by atoms with Gasteiger partial charge in [-0.05, 0) is 0 Å². The van der Waals surface area contributed by atoms with Gasteiger partial charge in [0, 0.05) is 12.8 Å². The molecule has 0 radical (unpaired) electrons. The quantitative estimate of drug-likeness (QED) is 0.154. The number of hydrogen-bond donors (Lipinski definition) is 5. The number of rotatable bonds is 5. The number of carboxylic acid groups (broad SMARTS) is 1. The standard InChI is InChI=1S/C7H9NO10S4/c9-3-1-2-4(10)8(3)7(21(13,14)15,22(16,17)18)6(19,20)5(11)12/h19-20H,1-2H2,(H,11,12)(H,13,14,15)(H,16,17,18). The van der Waals surface area contributed by atoms with E-state index < -0.39 is 64.0 Å². The SMILES string of the molecule is O=C1CCC(=O)N1C(C(S)(S)C(=O)O)(S(=O)(=O)O)S(=O)(=O)O. The fourth-order valence-electron chi connectivity index (χ4n) is 1.92. The van der Waals surface area contributed by atoms with Gasteiger partial charge in [0.15, 0.2) is 0 Å². The molecule has 0 saturated carbocycles. The Labute approximate surface area is 135 Å². The maximum Gasteiger partial charge on any atom is 0.337 e. The summed E-state index contributed by atoms with van der Waals surface area (Å²) in [5.74, 6) is -5.26. The number of carbonyl (C=O) groups is 3. The van der Waals surface area contributed by atoms with Gasteiger partial charge >= 0.3 is 30.4 Å². The van der Waals surface area contributed by atoms with Crippen molar-refractivity contribution in [2.24, 2.45) is 0 Å². The van der Waals surface area contributed by atoms with E-state index in [1.807, 2.05) is 0 Å². The predicted molar refractivity (Wildman–Crippen MR) is 75.3 cm³/mol. The first-order chi connectivity index (χ1) is 9.62. The first-order valence-corrected chi connectivity index (χ1v) is 8.88. The van der Waals surface area contributed by atoms with Gasteiger partial charge < -0.3 is 5.11 Å². The first kappa shape index (κ1) is 19.2. The molecule has 22 heavy (non-hydrogen) atoms. The van der Waals surface area contributed by atoms with Crippen molar-refractivity contribution in [1.29, 1.82) is 0 Å². The van der Waals surface area contributed by atoms with Crippen LogP contribution in [0, 0.1) is 0 Å². The van der Waals surface area contributed by atoms with Crippen molar-refractivity contribution in [3.8, 4) is 0 Å². The largest absolute Gasteiger partial charge is 0.479 e. The smallest absolute Gasteiger partial charge is 0.337 e. The number of aliphatic carboxylic acids is 1. The minimum atomic E-state index is -6.12. The molecule has 11 nitrogen and oxygen atoms in total. The predicted octanol–water partition coefficient (Wildman–Crippen LogP) is -1.79. The maximum atomic E-state index is 11.7. The monoisotopic (exact) mass is 395 g/mol. The molecule has 126 valence electrons. The van der Waals surface area contributed by atoms with Crippen LogP contribution in [0.4, 0.5) is 0 Å². The second kappa shape index (κ2) is 5.34. The lowest BCUT2D eigenvalue weighted by molar-refractivity contribution is -0.144. The Hall–Kier alpha value is -0.870. The van der Waals surface area contributed by atoms with E-state index in [1.54, 1.807) is 0 Å². The van der Waals surface area contributed by atoms with Gasteiger partial charge in [0.2, 0.25) is 15.9 Å². The van der Waals surface area contributed by atoms with Gasteiger partial charge in [-0.3, -0.25) is 18.7 Å². The Morgan fingerprint density at radius 2 is 1.32 bits per heavy atom. The molecular weight excluding hydrogens is 386 g/mol. The fourth-order valence-corrected chi connectivity index (χ4v) is 6.33. The summed E-state index contributed by atoms with van der Waals surface area (Å²) >= 11 is 6.49. The van der Waals surface area contributed by atoms with Crippen LogP contribution >= 0.6 is 25.3 Å². The van der Waals surface area contributed by atoms with Crippen LogP contribution in [0.3, 0.4) is 0 Å². The van der Waals surface area contributed by atoms with Crippen LogP contribution in [0.1, 0.15) is 12.8 Å². The van der Waals surface area contributed by atoms with Crippen LogP contribution in [0.5, 0.6) is 0 Å². The maximum absolute atomic E-state index is 11.7. The third-order valence-corrected chi connectivity index (χ3v) is 8.06. The van der Waals surface area contributed by atoms with Gasteiger partial charge in [-0.1, -0.05) is 0 Å². The number of nitrogens with zero attached hydrogens (tertiary/aromatic N) is 1. The molecular formula is C7H9NO10S4. The lowest BCUT2D eigenvalue weighted by Gasteiger charge is -2.41. The summed E-state index contributed by atoms with van der Waals surface area (Å²) in [5.41, 5.74) is 0. The van der Waals surface area contributed by atoms with E-state index in [4.69, 9.17) is 5.11 Å². The van der Waals surface area contributed by atoms with Crippen molar-refractivity contribution in [2.45, 2.75) is 21.1 Å². The van der Waals surface area contributed by atoms with Gasteiger partial charge in [0.25, 0.3) is 0 Å². The average Bonchev–Trinajstić information content (AvgIpc) is 2.57. The number of carboxylic acids is 1. The zero-order valence-corrected chi connectivity index (χ0v) is 13.7. The van der Waals surface area contributed by atoms with Crippen LogP contribution < -0.4 is 0 Å². The van der Waals surface area contributed by atoms with E-state index in [1.165, 1.54) is 0 Å². The number of amides is 2. The summed E-state index contributed by atoms with van der Waals surface area (Å²) in [6.07, 6.45) is -1.33. The normalized spacial score (nSPS) is 17.9. The molecule has 1 rings (SSSR count). The van der Waals surface area contributed by atoms with E-state index in [-0.39, 0.29) is 0 Å². The van der Waals surface area contributed by atoms with E-state index in [0.717, 1.165) is 0 Å². The molecule has 0 unspecified atom stereocenters. The van der Waals surface area contributed by atoms with Gasteiger partial charge in [0.05, 0.1) is 0 Å². The van der Waals surface area contributed by atoms with Crippen LogP contribution in [-0.2, 0) is 34.6 Å². The molecule has 1 aliphatic rings. The van der Waals surface area contributed by atoms with Crippen molar-refractivity contribution in [3.05, 3.63) is 0 Å². The molecule has 1 fully saturated rings. The number of hydrogen-bond acceptors (Lipinski definition) is 9. The first-order valence-electron chi connectivity index (χ1n) is 5.10. The number of carbonyl (C=O) groups excluding carboxylic acids is 2. The average molecular weight is 395 g/mol. The summed E-state index contributed by atoms with van der Waals surface area (Å²) in [6, 6.07) is 0. The highest BCUT2D eigenvalue weighted by Crippen LogP contribution is 2.47. The second-order valence-corrected chi connectivity index (χ2v) is 9.17. The summed E-state index contributed by atoms with van der Waals surface area (Å²) in [5, 5.41) is 8.98. The third-order valence-electron chi connectivity index (χ3n) is 2.78. The molecule has 0 aromatic carbocycles. The highest BCUT2D eigenvalue weighted by molar-refractivity contribution is 8.11. The molecule has 2 amide bonds. The lowest BCUT2D eigenvalue weighted by Crippen LogP contribution is -2.71. The summed E-state index contributed by atoms with van der Waals surface area (Å²) in [6.45, 7) is 0. The molecule has 0 bridgehead atoms. The van der Waals surface area contributed by atoms with E-state index in [9.17, 15) is 40.3 Å². The highest BCUT2D eigenvalue weighted by Gasteiger charge is 2.76. The molecule has 1 heterocycles. The summed E-state index contributed by atoms with van der Waals surface area (Å²) < 4.78 is 57.1. The molecule has 0 aromatic heterocycles. The molecule has 0 aliphatic carbocycles. The zero-order chi connectivity index (χ0) is 17.7. The minimum Gasteiger partial charge on any atom is -0.479 e. The lowest BCUT2D eigenvalue weighted by atomic mass is 10.3. The number of thiol groups is 2. The van der Waals surface area contributed by atoms with E-state index in [2.05, 4.69) is 25.3 Å². The number of imide groups is 1. The van der Waals surface area contributed by atoms with E-state index in [0.29, 0.717) is 0 Å². The van der Waals surface area contributed by atoms with Crippen LogP contribution in [-0.4, -0.2) is 62.0 Å². The molecule has 3 N–H and O–H groups in total. The topological polar surface area (TPSA) is 183 Å². The third kappa shape index (κ3) is 2.41. The molecule has 1 aliphatic heterocycles. The Kier molecular flexibility index (Phi) is 4.66. The van der Waals surface area contributed by atoms with Crippen molar-refractivity contribution < 1.29 is 45.4 Å². The minimum absolute atomic E-state index is 0.564. The summed E-state index contributed by atoms with van der Waals surface area (Å²) in [7, 11) is -12.2. The fraction of sp³-hybridized carbons (Fsp3) is 0.571. The van der Waals surface area contributed by atoms with Crippen LogP contribution in [0.2, 0.25) is 0 Å². The Morgan fingerprint density at radius 3 is 1.55 bits per heavy atom. The van der Waals surface area contributed by atoms with Crippen LogP contribution in [0.25, 0.3) is 0 Å². The molecule has 0 atom stereocenters. The second-order valence-electron chi connectivity index (χ2n) is 4.13. The summed E-state index contributed by atoms with van der Waals surface area (Å²) in [4.78, 5) is 34.0. The van der Waals surface area contributed by atoms with Gasteiger partial charge in [-0.25, -0.2) is 9.69 Å². The Balaban J connectivity index is 4.07. The molecule has 0 aromatic rings. The van der Waals surface area contributed by atoms with Gasteiger partial charge in [-0.15, -0.1) is 25.3 Å².